The molecule has 2 atom stereocenters. The van der Waals surface area contributed by atoms with Crippen molar-refractivity contribution in [2.75, 3.05) is 20.2 Å². The highest BCUT2D eigenvalue weighted by Crippen LogP contribution is 2.28. The van der Waals surface area contributed by atoms with Gasteiger partial charge in [0.15, 0.2) is 0 Å². The molecule has 1 aliphatic heterocycles. The summed E-state index contributed by atoms with van der Waals surface area (Å²) in [6, 6.07) is 6.54. The summed E-state index contributed by atoms with van der Waals surface area (Å²) in [4.78, 5) is 0.308. The molecule has 1 aliphatic rings. The number of sulfonamides is 1. The first-order valence-electron chi connectivity index (χ1n) is 6.85. The molecule has 2 N–H and O–H groups in total. The van der Waals surface area contributed by atoms with Gasteiger partial charge in [-0.3, -0.25) is 0 Å². The van der Waals surface area contributed by atoms with Crippen LogP contribution < -0.4 is 10.5 Å². The Morgan fingerprint density at radius 1 is 1.30 bits per heavy atom. The number of methoxy groups -OCH3 is 1. The van der Waals surface area contributed by atoms with Crippen molar-refractivity contribution in [3.05, 3.63) is 24.3 Å². The van der Waals surface area contributed by atoms with E-state index in [1.165, 1.54) is 0 Å². The van der Waals surface area contributed by atoms with Crippen LogP contribution in [0.4, 0.5) is 0 Å². The fourth-order valence-electron chi connectivity index (χ4n) is 2.56. The molecule has 1 saturated heterocycles. The third-order valence-electron chi connectivity index (χ3n) is 3.92. The molecule has 2 rings (SSSR count). The van der Waals surface area contributed by atoms with E-state index in [-0.39, 0.29) is 12.0 Å². The summed E-state index contributed by atoms with van der Waals surface area (Å²) in [5.41, 5.74) is 5.69. The molecular formula is C14H22N2O3S. The van der Waals surface area contributed by atoms with E-state index in [1.807, 2.05) is 6.92 Å². The molecule has 2 unspecified atom stereocenters. The van der Waals surface area contributed by atoms with Crippen molar-refractivity contribution in [3.8, 4) is 5.75 Å². The zero-order valence-electron chi connectivity index (χ0n) is 12.0. The first kappa shape index (κ1) is 15.3. The monoisotopic (exact) mass is 298 g/mol. The Bertz CT molecular complexity index is 542. The van der Waals surface area contributed by atoms with E-state index >= 15 is 0 Å². The van der Waals surface area contributed by atoms with Gasteiger partial charge in [0.1, 0.15) is 5.75 Å². The number of piperidine rings is 1. The first-order chi connectivity index (χ1) is 9.48. The molecule has 1 heterocycles. The van der Waals surface area contributed by atoms with E-state index in [0.717, 1.165) is 12.8 Å². The Morgan fingerprint density at radius 2 is 1.95 bits per heavy atom. The highest BCUT2D eigenvalue weighted by Gasteiger charge is 2.34. The van der Waals surface area contributed by atoms with Crippen LogP contribution in [0, 0.1) is 5.92 Å². The fourth-order valence-corrected chi connectivity index (χ4v) is 4.29. The quantitative estimate of drug-likeness (QED) is 0.913. The summed E-state index contributed by atoms with van der Waals surface area (Å²) in [5.74, 6) is 0.898. The van der Waals surface area contributed by atoms with Crippen LogP contribution in [0.1, 0.15) is 19.8 Å². The average molecular weight is 298 g/mol. The van der Waals surface area contributed by atoms with E-state index in [4.69, 9.17) is 10.5 Å². The number of nitrogens with two attached hydrogens (primary N) is 1. The number of hydrogen-bond donors (Lipinski definition) is 1. The van der Waals surface area contributed by atoms with Crippen molar-refractivity contribution in [2.45, 2.75) is 30.7 Å². The van der Waals surface area contributed by atoms with Gasteiger partial charge in [0.05, 0.1) is 12.0 Å². The minimum absolute atomic E-state index is 0.0184. The van der Waals surface area contributed by atoms with Gasteiger partial charge in [-0.25, -0.2) is 8.42 Å². The molecule has 6 heteroatoms. The number of ether oxygens (including phenoxy) is 1. The van der Waals surface area contributed by atoms with Crippen molar-refractivity contribution in [2.24, 2.45) is 11.7 Å². The van der Waals surface area contributed by atoms with Crippen molar-refractivity contribution >= 4 is 10.0 Å². The molecule has 0 spiro atoms. The molecule has 1 fully saturated rings. The molecular weight excluding hydrogens is 276 g/mol. The second-order valence-corrected chi connectivity index (χ2v) is 7.17. The van der Waals surface area contributed by atoms with Crippen LogP contribution >= 0.6 is 0 Å². The lowest BCUT2D eigenvalue weighted by Crippen LogP contribution is -2.46. The Balaban J connectivity index is 2.27. The largest absolute Gasteiger partial charge is 0.497 e. The van der Waals surface area contributed by atoms with Crippen LogP contribution in [-0.2, 0) is 10.0 Å². The number of rotatable bonds is 4. The maximum absolute atomic E-state index is 12.7. The Labute approximate surface area is 120 Å². The van der Waals surface area contributed by atoms with Crippen molar-refractivity contribution in [1.82, 2.24) is 4.31 Å². The van der Waals surface area contributed by atoms with E-state index in [0.29, 0.717) is 23.7 Å². The minimum Gasteiger partial charge on any atom is -0.497 e. The van der Waals surface area contributed by atoms with Crippen LogP contribution in [0.3, 0.4) is 0 Å². The summed E-state index contributed by atoms with van der Waals surface area (Å²) < 4.78 is 32.0. The Morgan fingerprint density at radius 3 is 2.50 bits per heavy atom. The second-order valence-electron chi connectivity index (χ2n) is 5.28. The van der Waals surface area contributed by atoms with Crippen molar-refractivity contribution in [1.29, 1.82) is 0 Å². The van der Waals surface area contributed by atoms with Crippen LogP contribution in [0.15, 0.2) is 29.2 Å². The molecule has 0 bridgehead atoms. The van der Waals surface area contributed by atoms with E-state index in [2.05, 4.69) is 0 Å². The van der Waals surface area contributed by atoms with Gasteiger partial charge >= 0.3 is 0 Å². The van der Waals surface area contributed by atoms with Crippen LogP contribution in [0.2, 0.25) is 0 Å². The molecule has 0 radical (unpaired) electrons. The molecule has 0 aromatic heterocycles. The third-order valence-corrected chi connectivity index (χ3v) is 5.92. The lowest BCUT2D eigenvalue weighted by Gasteiger charge is -2.36. The zero-order valence-corrected chi connectivity index (χ0v) is 12.8. The molecule has 0 aliphatic carbocycles. The summed E-state index contributed by atoms with van der Waals surface area (Å²) in [5, 5.41) is 0. The Hall–Kier alpha value is -1.11. The van der Waals surface area contributed by atoms with Gasteiger partial charge in [-0.15, -0.1) is 0 Å². The lowest BCUT2D eigenvalue weighted by atomic mass is 9.96. The standard InChI is InChI=1S/C14H22N2O3S/c1-11-3-4-12(9-15)10-16(11)20(17,18)14-7-5-13(19-2)6-8-14/h5-8,11-12H,3-4,9-10,15H2,1-2H3. The summed E-state index contributed by atoms with van der Waals surface area (Å²) in [6.07, 6.45) is 1.85. The first-order valence-corrected chi connectivity index (χ1v) is 8.29. The fraction of sp³-hybridized carbons (Fsp3) is 0.571. The van der Waals surface area contributed by atoms with E-state index < -0.39 is 10.0 Å². The Kier molecular flexibility index (Phi) is 4.67. The summed E-state index contributed by atoms with van der Waals surface area (Å²) >= 11 is 0. The molecule has 0 saturated carbocycles. The maximum Gasteiger partial charge on any atom is 0.243 e. The highest BCUT2D eigenvalue weighted by molar-refractivity contribution is 7.89. The topological polar surface area (TPSA) is 72.6 Å². The van der Waals surface area contributed by atoms with Gasteiger partial charge in [-0.05, 0) is 56.5 Å². The van der Waals surface area contributed by atoms with E-state index in [1.54, 1.807) is 35.7 Å². The zero-order chi connectivity index (χ0) is 14.8. The van der Waals surface area contributed by atoms with Crippen LogP contribution in [-0.4, -0.2) is 39.0 Å². The molecule has 112 valence electrons. The van der Waals surface area contributed by atoms with Crippen LogP contribution in [0.5, 0.6) is 5.75 Å². The van der Waals surface area contributed by atoms with Crippen molar-refractivity contribution in [3.63, 3.8) is 0 Å². The molecule has 5 nitrogen and oxygen atoms in total. The minimum atomic E-state index is -3.46. The molecule has 1 aromatic rings. The summed E-state index contributed by atoms with van der Waals surface area (Å²) in [6.45, 7) is 2.99. The second kappa shape index (κ2) is 6.11. The number of nitrogens with zero attached hydrogens (tertiary/aromatic N) is 1. The normalized spacial score (nSPS) is 24.6. The molecule has 1 aromatic carbocycles. The molecule has 20 heavy (non-hydrogen) atoms. The van der Waals surface area contributed by atoms with Crippen LogP contribution in [0.25, 0.3) is 0 Å². The third kappa shape index (κ3) is 2.97. The van der Waals surface area contributed by atoms with Gasteiger partial charge in [-0.1, -0.05) is 0 Å². The smallest absolute Gasteiger partial charge is 0.243 e. The van der Waals surface area contributed by atoms with Crippen molar-refractivity contribution < 1.29 is 13.2 Å². The molecule has 0 amide bonds. The van der Waals surface area contributed by atoms with Gasteiger partial charge in [-0.2, -0.15) is 4.31 Å². The predicted octanol–water partition coefficient (Wildman–Crippen LogP) is 1.44. The van der Waals surface area contributed by atoms with E-state index in [9.17, 15) is 8.42 Å². The van der Waals surface area contributed by atoms with Gasteiger partial charge in [0.25, 0.3) is 0 Å². The maximum atomic E-state index is 12.7. The number of benzene rings is 1. The van der Waals surface area contributed by atoms with Gasteiger partial charge in [0, 0.05) is 12.6 Å². The van der Waals surface area contributed by atoms with Gasteiger partial charge in [0.2, 0.25) is 10.0 Å². The highest BCUT2D eigenvalue weighted by atomic mass is 32.2. The average Bonchev–Trinajstić information content (AvgIpc) is 2.47. The summed E-state index contributed by atoms with van der Waals surface area (Å²) in [7, 11) is -1.90. The lowest BCUT2D eigenvalue weighted by molar-refractivity contribution is 0.211. The SMILES string of the molecule is COc1ccc(S(=O)(=O)N2CC(CN)CCC2C)cc1. The number of hydrogen-bond acceptors (Lipinski definition) is 4. The van der Waals surface area contributed by atoms with Gasteiger partial charge < -0.3 is 10.5 Å². The predicted molar refractivity (Wildman–Crippen MR) is 78.1 cm³/mol.